The van der Waals surface area contributed by atoms with Gasteiger partial charge in [0.2, 0.25) is 0 Å². The Morgan fingerprint density at radius 3 is 2.67 bits per heavy atom. The first-order valence-corrected chi connectivity index (χ1v) is 7.28. The van der Waals surface area contributed by atoms with Crippen LogP contribution in [-0.2, 0) is 0 Å². The Morgan fingerprint density at radius 2 is 2.13 bits per heavy atom. The summed E-state index contributed by atoms with van der Waals surface area (Å²) in [6, 6.07) is 2.04. The van der Waals surface area contributed by atoms with Gasteiger partial charge in [0, 0.05) is 28.6 Å². The van der Waals surface area contributed by atoms with E-state index in [9.17, 15) is 0 Å². The summed E-state index contributed by atoms with van der Waals surface area (Å²) in [7, 11) is 0. The highest BCUT2D eigenvalue weighted by atomic mass is 79.9. The van der Waals surface area contributed by atoms with Crippen LogP contribution in [0.25, 0.3) is 0 Å². The minimum Gasteiger partial charge on any atom is -0.354 e. The van der Waals surface area contributed by atoms with Crippen molar-refractivity contribution in [1.29, 1.82) is 0 Å². The van der Waals surface area contributed by atoms with E-state index in [0.29, 0.717) is 10.7 Å². The number of hydrogen-bond acceptors (Lipinski definition) is 2. The molecule has 2 atom stereocenters. The molecule has 15 heavy (non-hydrogen) atoms. The molecule has 1 aliphatic rings. The minimum absolute atomic E-state index is 0.565. The molecule has 1 fully saturated rings. The fraction of sp³-hybridized carbons (Fsp3) is 0.500. The van der Waals surface area contributed by atoms with Crippen molar-refractivity contribution >= 4 is 53.6 Å². The summed E-state index contributed by atoms with van der Waals surface area (Å²) in [5, 5.41) is 0. The average Bonchev–Trinajstić information content (AvgIpc) is 2.46. The van der Waals surface area contributed by atoms with Crippen LogP contribution in [0.15, 0.2) is 21.2 Å². The summed E-state index contributed by atoms with van der Waals surface area (Å²) < 4.78 is 2.05. The Labute approximate surface area is 115 Å². The van der Waals surface area contributed by atoms with Crippen LogP contribution >= 0.6 is 47.8 Å². The molecule has 1 aromatic heterocycles. The standard InChI is InChI=1S/C10H11Br3N2/c1-6-4-15(5-9(6)13)10-8(12)2-7(11)3-14-10/h2-3,6,9H,4-5H2,1H3. The van der Waals surface area contributed by atoms with E-state index in [-0.39, 0.29) is 0 Å². The normalized spacial score (nSPS) is 26.0. The molecule has 0 saturated carbocycles. The summed E-state index contributed by atoms with van der Waals surface area (Å²) in [5.41, 5.74) is 0. The number of aromatic nitrogens is 1. The lowest BCUT2D eigenvalue weighted by atomic mass is 10.2. The van der Waals surface area contributed by atoms with Crippen LogP contribution in [0.1, 0.15) is 6.92 Å². The first-order chi connectivity index (χ1) is 7.08. The van der Waals surface area contributed by atoms with Gasteiger partial charge in [-0.2, -0.15) is 0 Å². The van der Waals surface area contributed by atoms with E-state index >= 15 is 0 Å². The molecule has 0 bridgehead atoms. The van der Waals surface area contributed by atoms with Crippen LogP contribution in [0.4, 0.5) is 5.82 Å². The lowest BCUT2D eigenvalue weighted by Gasteiger charge is -2.18. The maximum Gasteiger partial charge on any atom is 0.142 e. The molecule has 1 saturated heterocycles. The third-order valence-electron chi connectivity index (χ3n) is 2.61. The van der Waals surface area contributed by atoms with E-state index in [1.165, 1.54) is 0 Å². The number of alkyl halides is 1. The van der Waals surface area contributed by atoms with Crippen molar-refractivity contribution in [2.45, 2.75) is 11.8 Å². The van der Waals surface area contributed by atoms with Crippen molar-refractivity contribution in [3.8, 4) is 0 Å². The topological polar surface area (TPSA) is 16.1 Å². The highest BCUT2D eigenvalue weighted by Crippen LogP contribution is 2.32. The van der Waals surface area contributed by atoms with Crippen LogP contribution in [0, 0.1) is 5.92 Å². The number of nitrogens with zero attached hydrogens (tertiary/aromatic N) is 2. The molecular formula is C10H11Br3N2. The predicted octanol–water partition coefficient (Wildman–Crippen LogP) is 3.83. The highest BCUT2D eigenvalue weighted by Gasteiger charge is 2.29. The fourth-order valence-corrected chi connectivity index (χ4v) is 3.49. The first kappa shape index (κ1) is 11.9. The number of anilines is 1. The second-order valence-corrected chi connectivity index (χ2v) is 6.80. The van der Waals surface area contributed by atoms with Gasteiger partial charge in [-0.1, -0.05) is 22.9 Å². The van der Waals surface area contributed by atoms with Gasteiger partial charge in [0.05, 0.1) is 4.47 Å². The summed E-state index contributed by atoms with van der Waals surface area (Å²) >= 11 is 10.6. The molecule has 0 aromatic carbocycles. The smallest absolute Gasteiger partial charge is 0.142 e. The van der Waals surface area contributed by atoms with Crippen LogP contribution in [0.3, 0.4) is 0 Å². The van der Waals surface area contributed by atoms with Crippen molar-refractivity contribution in [2.75, 3.05) is 18.0 Å². The molecule has 5 heteroatoms. The third-order valence-corrected chi connectivity index (χ3v) is 4.82. The molecular weight excluding hydrogens is 388 g/mol. The maximum absolute atomic E-state index is 4.44. The zero-order valence-electron chi connectivity index (χ0n) is 8.25. The molecule has 0 N–H and O–H groups in total. The lowest BCUT2D eigenvalue weighted by Crippen LogP contribution is -2.21. The molecule has 1 aromatic rings. The second-order valence-electron chi connectivity index (χ2n) is 3.86. The Balaban J connectivity index is 2.24. The van der Waals surface area contributed by atoms with Gasteiger partial charge in [-0.15, -0.1) is 0 Å². The molecule has 0 spiro atoms. The molecule has 2 unspecified atom stereocenters. The summed E-state index contributed by atoms with van der Waals surface area (Å²) in [5.74, 6) is 1.70. The van der Waals surface area contributed by atoms with Crippen molar-refractivity contribution in [3.63, 3.8) is 0 Å². The van der Waals surface area contributed by atoms with E-state index in [0.717, 1.165) is 27.9 Å². The quantitative estimate of drug-likeness (QED) is 0.668. The van der Waals surface area contributed by atoms with Crippen molar-refractivity contribution in [2.24, 2.45) is 5.92 Å². The van der Waals surface area contributed by atoms with Crippen LogP contribution in [0.5, 0.6) is 0 Å². The van der Waals surface area contributed by atoms with Gasteiger partial charge in [-0.3, -0.25) is 0 Å². The number of halogens is 3. The van der Waals surface area contributed by atoms with E-state index in [1.807, 2.05) is 12.3 Å². The Bertz CT molecular complexity index is 360. The monoisotopic (exact) mass is 396 g/mol. The van der Waals surface area contributed by atoms with Gasteiger partial charge in [-0.05, 0) is 43.8 Å². The molecule has 2 heterocycles. The van der Waals surface area contributed by atoms with Crippen molar-refractivity contribution < 1.29 is 0 Å². The number of pyridine rings is 1. The molecule has 82 valence electrons. The molecule has 0 radical (unpaired) electrons. The van der Waals surface area contributed by atoms with Crippen LogP contribution < -0.4 is 4.90 Å². The summed E-state index contributed by atoms with van der Waals surface area (Å²) in [4.78, 5) is 7.31. The average molecular weight is 399 g/mol. The predicted molar refractivity (Wildman–Crippen MR) is 73.7 cm³/mol. The first-order valence-electron chi connectivity index (χ1n) is 4.78. The Kier molecular flexibility index (Phi) is 3.73. The largest absolute Gasteiger partial charge is 0.354 e. The van der Waals surface area contributed by atoms with Crippen LogP contribution in [0.2, 0.25) is 0 Å². The minimum atomic E-state index is 0.565. The van der Waals surface area contributed by atoms with Gasteiger partial charge in [0.15, 0.2) is 0 Å². The fourth-order valence-electron chi connectivity index (χ4n) is 1.74. The van der Waals surface area contributed by atoms with Crippen molar-refractivity contribution in [3.05, 3.63) is 21.2 Å². The van der Waals surface area contributed by atoms with Gasteiger partial charge in [0.25, 0.3) is 0 Å². The van der Waals surface area contributed by atoms with Crippen LogP contribution in [-0.4, -0.2) is 22.9 Å². The zero-order valence-corrected chi connectivity index (χ0v) is 13.0. The van der Waals surface area contributed by atoms with E-state index in [1.54, 1.807) is 0 Å². The molecule has 2 rings (SSSR count). The third kappa shape index (κ3) is 2.56. The molecule has 1 aliphatic heterocycles. The number of rotatable bonds is 1. The SMILES string of the molecule is CC1CN(c2ncc(Br)cc2Br)CC1Br. The van der Waals surface area contributed by atoms with Gasteiger partial charge < -0.3 is 4.90 Å². The second kappa shape index (κ2) is 4.72. The van der Waals surface area contributed by atoms with E-state index in [4.69, 9.17) is 0 Å². The van der Waals surface area contributed by atoms with E-state index < -0.39 is 0 Å². The lowest BCUT2D eigenvalue weighted by molar-refractivity contribution is 0.679. The highest BCUT2D eigenvalue weighted by molar-refractivity contribution is 9.11. The Morgan fingerprint density at radius 1 is 1.40 bits per heavy atom. The van der Waals surface area contributed by atoms with Gasteiger partial charge in [-0.25, -0.2) is 4.98 Å². The van der Waals surface area contributed by atoms with Gasteiger partial charge >= 0.3 is 0 Å². The molecule has 2 nitrogen and oxygen atoms in total. The summed E-state index contributed by atoms with van der Waals surface area (Å²) in [6.07, 6.45) is 1.84. The summed E-state index contributed by atoms with van der Waals surface area (Å²) in [6.45, 7) is 4.34. The Hall–Kier alpha value is 0.390. The maximum atomic E-state index is 4.44. The van der Waals surface area contributed by atoms with Gasteiger partial charge in [0.1, 0.15) is 5.82 Å². The molecule has 0 aliphatic carbocycles. The van der Waals surface area contributed by atoms with Crippen molar-refractivity contribution in [1.82, 2.24) is 4.98 Å². The molecule has 0 amide bonds. The van der Waals surface area contributed by atoms with E-state index in [2.05, 4.69) is 64.6 Å². The zero-order chi connectivity index (χ0) is 11.0. The number of hydrogen-bond donors (Lipinski definition) is 0.